The lowest BCUT2D eigenvalue weighted by atomic mass is 10.1. The monoisotopic (exact) mass is 264 g/mol. The van der Waals surface area contributed by atoms with Crippen LogP contribution in [0.25, 0.3) is 10.8 Å². The minimum Gasteiger partial charge on any atom is -0.454 e. The van der Waals surface area contributed by atoms with Crippen LogP contribution in [0.4, 0.5) is 5.82 Å². The van der Waals surface area contributed by atoms with E-state index >= 15 is 0 Å². The van der Waals surface area contributed by atoms with E-state index in [0.717, 1.165) is 28.1 Å². The summed E-state index contributed by atoms with van der Waals surface area (Å²) in [5.41, 5.74) is 0. The van der Waals surface area contributed by atoms with E-state index in [1.165, 1.54) is 0 Å². The molecule has 1 aromatic carbocycles. The third-order valence-electron chi connectivity index (χ3n) is 2.87. The number of rotatable bonds is 3. The molecule has 0 spiro atoms. The van der Waals surface area contributed by atoms with Gasteiger partial charge in [-0.1, -0.05) is 0 Å². The van der Waals surface area contributed by atoms with Crippen molar-refractivity contribution in [2.24, 2.45) is 0 Å². The molecule has 2 aromatic rings. The van der Waals surface area contributed by atoms with Gasteiger partial charge in [0.2, 0.25) is 6.79 Å². The van der Waals surface area contributed by atoms with E-state index in [9.17, 15) is 0 Å². The second kappa shape index (κ2) is 4.53. The van der Waals surface area contributed by atoms with E-state index in [-0.39, 0.29) is 12.8 Å². The predicted octanol–water partition coefficient (Wildman–Crippen LogP) is 3.00. The maximum Gasteiger partial charge on any atom is 0.231 e. The quantitative estimate of drug-likeness (QED) is 0.866. The molecule has 3 rings (SSSR count). The predicted molar refractivity (Wildman–Crippen MR) is 71.7 cm³/mol. The Balaban J connectivity index is 2.09. The Hall–Kier alpha value is -1.68. The fraction of sp³-hybridized carbons (Fsp3) is 0.308. The maximum atomic E-state index is 5.81. The number of nitrogens with one attached hydrogen (secondary N) is 1. The average molecular weight is 265 g/mol. The highest BCUT2D eigenvalue weighted by molar-refractivity contribution is 6.18. The molecule has 18 heavy (non-hydrogen) atoms. The van der Waals surface area contributed by atoms with Crippen LogP contribution in [0.1, 0.15) is 6.92 Å². The fourth-order valence-corrected chi connectivity index (χ4v) is 2.03. The van der Waals surface area contributed by atoms with Crippen molar-refractivity contribution in [1.82, 2.24) is 4.98 Å². The molecule has 94 valence electrons. The van der Waals surface area contributed by atoms with Gasteiger partial charge in [0, 0.05) is 23.5 Å². The summed E-state index contributed by atoms with van der Waals surface area (Å²) in [6, 6.07) is 6.03. The Bertz CT molecular complexity index is 588. The van der Waals surface area contributed by atoms with Crippen molar-refractivity contribution in [3.8, 4) is 11.5 Å². The van der Waals surface area contributed by atoms with Crippen LogP contribution in [-0.4, -0.2) is 23.7 Å². The fourth-order valence-electron chi connectivity index (χ4n) is 1.95. The Morgan fingerprint density at radius 2 is 2.17 bits per heavy atom. The van der Waals surface area contributed by atoms with Gasteiger partial charge in [0.1, 0.15) is 5.82 Å². The number of hydrogen-bond donors (Lipinski definition) is 1. The zero-order valence-corrected chi connectivity index (χ0v) is 10.7. The van der Waals surface area contributed by atoms with Crippen LogP contribution in [0, 0.1) is 0 Å². The minimum atomic E-state index is 0.162. The summed E-state index contributed by atoms with van der Waals surface area (Å²) in [4.78, 5) is 4.35. The van der Waals surface area contributed by atoms with Crippen molar-refractivity contribution in [2.75, 3.05) is 18.0 Å². The highest BCUT2D eigenvalue weighted by Gasteiger charge is 2.16. The number of anilines is 1. The number of halogens is 1. The van der Waals surface area contributed by atoms with Gasteiger partial charge in [-0.05, 0) is 30.5 Å². The molecule has 1 aliphatic rings. The number of alkyl halides is 1. The van der Waals surface area contributed by atoms with Crippen LogP contribution < -0.4 is 14.8 Å². The number of pyridine rings is 1. The minimum absolute atomic E-state index is 0.162. The van der Waals surface area contributed by atoms with Gasteiger partial charge in [0.05, 0.1) is 0 Å². The van der Waals surface area contributed by atoms with Gasteiger partial charge in [-0.25, -0.2) is 4.98 Å². The molecule has 0 aliphatic carbocycles. The van der Waals surface area contributed by atoms with Crippen molar-refractivity contribution in [3.63, 3.8) is 0 Å². The van der Waals surface area contributed by atoms with Gasteiger partial charge in [0.15, 0.2) is 11.5 Å². The lowest BCUT2D eigenvalue weighted by molar-refractivity contribution is 0.174. The molecule has 2 heterocycles. The molecule has 0 bridgehead atoms. The Morgan fingerprint density at radius 3 is 2.94 bits per heavy atom. The first-order valence-electron chi connectivity index (χ1n) is 5.79. The second-order valence-corrected chi connectivity index (χ2v) is 4.59. The van der Waals surface area contributed by atoms with Crippen molar-refractivity contribution in [2.45, 2.75) is 13.0 Å². The summed E-state index contributed by atoms with van der Waals surface area (Å²) in [6.07, 6.45) is 1.77. The molecule has 0 radical (unpaired) electrons. The summed E-state index contributed by atoms with van der Waals surface area (Å²) in [5, 5.41) is 5.37. The van der Waals surface area contributed by atoms with E-state index in [1.807, 2.05) is 25.1 Å². The largest absolute Gasteiger partial charge is 0.454 e. The third kappa shape index (κ3) is 1.93. The van der Waals surface area contributed by atoms with Crippen LogP contribution in [-0.2, 0) is 0 Å². The zero-order valence-electron chi connectivity index (χ0n) is 9.94. The first-order valence-corrected chi connectivity index (χ1v) is 6.32. The highest BCUT2D eigenvalue weighted by atomic mass is 35.5. The average Bonchev–Trinajstić information content (AvgIpc) is 2.83. The van der Waals surface area contributed by atoms with Crippen LogP contribution >= 0.6 is 11.6 Å². The molecule has 1 unspecified atom stereocenters. The molecule has 1 aromatic heterocycles. The van der Waals surface area contributed by atoms with Crippen molar-refractivity contribution >= 4 is 28.2 Å². The van der Waals surface area contributed by atoms with Crippen LogP contribution in [0.15, 0.2) is 24.4 Å². The summed E-state index contributed by atoms with van der Waals surface area (Å²) in [5.74, 6) is 2.89. The topological polar surface area (TPSA) is 43.4 Å². The van der Waals surface area contributed by atoms with E-state index in [1.54, 1.807) is 6.20 Å². The molecule has 0 saturated carbocycles. The van der Waals surface area contributed by atoms with Crippen molar-refractivity contribution in [3.05, 3.63) is 24.4 Å². The molecule has 1 N–H and O–H groups in total. The Labute approximate surface area is 110 Å². The molecular formula is C13H13ClN2O2. The van der Waals surface area contributed by atoms with Crippen molar-refractivity contribution < 1.29 is 9.47 Å². The number of aromatic nitrogens is 1. The number of hydrogen-bond acceptors (Lipinski definition) is 4. The Morgan fingerprint density at radius 1 is 1.39 bits per heavy atom. The molecule has 4 nitrogen and oxygen atoms in total. The van der Waals surface area contributed by atoms with E-state index in [0.29, 0.717) is 5.88 Å². The number of benzene rings is 1. The van der Waals surface area contributed by atoms with Gasteiger partial charge in [0.25, 0.3) is 0 Å². The second-order valence-electron chi connectivity index (χ2n) is 4.29. The standard InChI is InChI=1S/C13H13ClN2O2/c1-8(6-14)16-13-10-5-12-11(17-7-18-12)4-9(10)2-3-15-13/h2-5,8H,6-7H2,1H3,(H,15,16). The number of ether oxygens (including phenoxy) is 2. The molecule has 0 fully saturated rings. The molecular weight excluding hydrogens is 252 g/mol. The zero-order chi connectivity index (χ0) is 12.5. The first kappa shape index (κ1) is 11.4. The number of fused-ring (bicyclic) bond motifs is 2. The molecule has 0 amide bonds. The first-order chi connectivity index (χ1) is 8.78. The third-order valence-corrected chi connectivity index (χ3v) is 3.34. The summed E-state index contributed by atoms with van der Waals surface area (Å²) in [7, 11) is 0. The summed E-state index contributed by atoms with van der Waals surface area (Å²) >= 11 is 5.81. The van der Waals surface area contributed by atoms with Crippen molar-refractivity contribution in [1.29, 1.82) is 0 Å². The Kier molecular flexibility index (Phi) is 2.88. The van der Waals surface area contributed by atoms with Gasteiger partial charge in [-0.15, -0.1) is 11.6 Å². The summed E-state index contributed by atoms with van der Waals surface area (Å²) in [6.45, 7) is 2.29. The maximum absolute atomic E-state index is 5.81. The van der Waals surface area contributed by atoms with Gasteiger partial charge >= 0.3 is 0 Å². The smallest absolute Gasteiger partial charge is 0.231 e. The highest BCUT2D eigenvalue weighted by Crippen LogP contribution is 2.37. The number of nitrogens with zero attached hydrogens (tertiary/aromatic N) is 1. The van der Waals surface area contributed by atoms with E-state index < -0.39 is 0 Å². The lowest BCUT2D eigenvalue weighted by Gasteiger charge is -2.13. The normalized spacial score (nSPS) is 14.8. The van der Waals surface area contributed by atoms with Crippen LogP contribution in [0.3, 0.4) is 0 Å². The molecule has 5 heteroatoms. The summed E-state index contributed by atoms with van der Waals surface area (Å²) < 4.78 is 10.8. The lowest BCUT2D eigenvalue weighted by Crippen LogP contribution is -2.17. The van der Waals surface area contributed by atoms with Gasteiger partial charge in [-0.3, -0.25) is 0 Å². The van der Waals surface area contributed by atoms with Crippen LogP contribution in [0.5, 0.6) is 11.5 Å². The van der Waals surface area contributed by atoms with E-state index in [2.05, 4.69) is 10.3 Å². The van der Waals surface area contributed by atoms with E-state index in [4.69, 9.17) is 21.1 Å². The molecule has 1 aliphatic heterocycles. The molecule has 1 atom stereocenters. The van der Waals surface area contributed by atoms with Crippen LogP contribution in [0.2, 0.25) is 0 Å². The molecule has 0 saturated heterocycles. The SMILES string of the molecule is CC(CCl)Nc1nccc2cc3c(cc12)OCO3. The van der Waals surface area contributed by atoms with Gasteiger partial charge in [-0.2, -0.15) is 0 Å². The van der Waals surface area contributed by atoms with Gasteiger partial charge < -0.3 is 14.8 Å².